The third-order valence-corrected chi connectivity index (χ3v) is 4.62. The number of hydrogen-bond donors (Lipinski definition) is 1. The normalized spacial score (nSPS) is 10.7. The smallest absolute Gasteiger partial charge is 0.177 e. The SMILES string of the molecule is Nc1ccccc1SCc1cc(-c2cccs2)on1. The Bertz CT molecular complexity index is 662. The van der Waals surface area contributed by atoms with E-state index in [9.17, 15) is 0 Å². The number of thiophene rings is 1. The maximum absolute atomic E-state index is 5.90. The van der Waals surface area contributed by atoms with Crippen LogP contribution in [0.3, 0.4) is 0 Å². The monoisotopic (exact) mass is 288 g/mol. The fraction of sp³-hybridized carbons (Fsp3) is 0.0714. The molecule has 0 bridgehead atoms. The summed E-state index contributed by atoms with van der Waals surface area (Å²) in [5, 5.41) is 6.11. The molecule has 0 radical (unpaired) electrons. The highest BCUT2D eigenvalue weighted by atomic mass is 32.2. The molecule has 3 aromatic rings. The summed E-state index contributed by atoms with van der Waals surface area (Å²) in [5.74, 6) is 1.58. The van der Waals surface area contributed by atoms with Crippen LogP contribution >= 0.6 is 23.1 Å². The molecule has 0 aliphatic rings. The minimum absolute atomic E-state index is 0.753. The van der Waals surface area contributed by atoms with Gasteiger partial charge in [0.05, 0.1) is 10.6 Å². The number of nitrogens with zero attached hydrogens (tertiary/aromatic N) is 1. The van der Waals surface area contributed by atoms with Crippen LogP contribution in [0.2, 0.25) is 0 Å². The Hall–Kier alpha value is -1.72. The summed E-state index contributed by atoms with van der Waals surface area (Å²) in [5.41, 5.74) is 7.63. The van der Waals surface area contributed by atoms with Gasteiger partial charge in [-0.15, -0.1) is 23.1 Å². The lowest BCUT2D eigenvalue weighted by Crippen LogP contribution is -1.88. The summed E-state index contributed by atoms with van der Waals surface area (Å²) >= 11 is 3.31. The molecule has 0 spiro atoms. The van der Waals surface area contributed by atoms with Gasteiger partial charge in [0.2, 0.25) is 0 Å². The second-order valence-electron chi connectivity index (χ2n) is 3.99. The number of para-hydroxylation sites is 1. The molecule has 0 atom stereocenters. The molecule has 5 heteroatoms. The predicted molar refractivity (Wildman–Crippen MR) is 80.2 cm³/mol. The van der Waals surface area contributed by atoms with Crippen molar-refractivity contribution in [3.63, 3.8) is 0 Å². The highest BCUT2D eigenvalue weighted by Gasteiger charge is 2.08. The van der Waals surface area contributed by atoms with E-state index in [2.05, 4.69) is 5.16 Å². The van der Waals surface area contributed by atoms with Gasteiger partial charge in [-0.2, -0.15) is 0 Å². The van der Waals surface area contributed by atoms with Crippen molar-refractivity contribution in [2.45, 2.75) is 10.6 Å². The van der Waals surface area contributed by atoms with Crippen molar-refractivity contribution in [2.24, 2.45) is 0 Å². The Morgan fingerprint density at radius 1 is 1.21 bits per heavy atom. The number of aromatic nitrogens is 1. The van der Waals surface area contributed by atoms with E-state index >= 15 is 0 Å². The Morgan fingerprint density at radius 2 is 2.11 bits per heavy atom. The van der Waals surface area contributed by atoms with Crippen LogP contribution in [0.5, 0.6) is 0 Å². The van der Waals surface area contributed by atoms with E-state index < -0.39 is 0 Å². The molecule has 0 aliphatic carbocycles. The van der Waals surface area contributed by atoms with Gasteiger partial charge in [0, 0.05) is 22.4 Å². The van der Waals surface area contributed by atoms with Crippen LogP contribution in [-0.2, 0) is 5.75 Å². The maximum Gasteiger partial charge on any atom is 0.177 e. The first-order valence-corrected chi connectivity index (χ1v) is 7.66. The molecule has 0 fully saturated rings. The van der Waals surface area contributed by atoms with Crippen LogP contribution in [0.15, 0.2) is 57.3 Å². The number of nitrogen functional groups attached to an aromatic ring is 1. The first-order valence-electron chi connectivity index (χ1n) is 5.80. The second kappa shape index (κ2) is 5.50. The zero-order valence-corrected chi connectivity index (χ0v) is 11.7. The van der Waals surface area contributed by atoms with Gasteiger partial charge in [-0.05, 0) is 23.6 Å². The molecule has 2 heterocycles. The van der Waals surface area contributed by atoms with Crippen molar-refractivity contribution in [2.75, 3.05) is 5.73 Å². The van der Waals surface area contributed by atoms with Gasteiger partial charge in [-0.3, -0.25) is 0 Å². The standard InChI is InChI=1S/C14H12N2OS2/c15-11-4-1-2-5-13(11)19-9-10-8-12(17-16-10)14-6-3-7-18-14/h1-8H,9,15H2. The molecule has 0 aliphatic heterocycles. The van der Waals surface area contributed by atoms with Gasteiger partial charge >= 0.3 is 0 Å². The number of anilines is 1. The van der Waals surface area contributed by atoms with Crippen LogP contribution < -0.4 is 5.73 Å². The van der Waals surface area contributed by atoms with Gasteiger partial charge in [0.1, 0.15) is 0 Å². The van der Waals surface area contributed by atoms with E-state index in [1.807, 2.05) is 47.8 Å². The zero-order valence-electron chi connectivity index (χ0n) is 10.1. The largest absolute Gasteiger partial charge is 0.398 e. The Balaban J connectivity index is 1.70. The van der Waals surface area contributed by atoms with E-state index in [0.29, 0.717) is 0 Å². The first kappa shape index (κ1) is 12.3. The van der Waals surface area contributed by atoms with Gasteiger partial charge in [-0.25, -0.2) is 0 Å². The second-order valence-corrected chi connectivity index (χ2v) is 5.95. The highest BCUT2D eigenvalue weighted by molar-refractivity contribution is 7.98. The lowest BCUT2D eigenvalue weighted by atomic mass is 10.3. The van der Waals surface area contributed by atoms with E-state index in [1.165, 1.54) is 0 Å². The number of hydrogen-bond acceptors (Lipinski definition) is 5. The van der Waals surface area contributed by atoms with Gasteiger partial charge < -0.3 is 10.3 Å². The summed E-state index contributed by atoms with van der Waals surface area (Å²) in [7, 11) is 0. The molecule has 3 rings (SSSR count). The third-order valence-electron chi connectivity index (χ3n) is 2.62. The topological polar surface area (TPSA) is 52.0 Å². The lowest BCUT2D eigenvalue weighted by Gasteiger charge is -2.02. The molecule has 96 valence electrons. The number of benzene rings is 1. The Morgan fingerprint density at radius 3 is 2.89 bits per heavy atom. The summed E-state index contributed by atoms with van der Waals surface area (Å²) < 4.78 is 5.34. The van der Waals surface area contributed by atoms with Crippen molar-refractivity contribution >= 4 is 28.8 Å². The molecule has 19 heavy (non-hydrogen) atoms. The Labute approximate surface area is 119 Å². The predicted octanol–water partition coefficient (Wildman–Crippen LogP) is 4.28. The molecule has 0 saturated carbocycles. The molecule has 2 N–H and O–H groups in total. The molecule has 0 unspecified atom stereocenters. The van der Waals surface area contributed by atoms with Gasteiger partial charge in [0.15, 0.2) is 5.76 Å². The average molecular weight is 288 g/mol. The van der Waals surface area contributed by atoms with Gasteiger partial charge in [0.25, 0.3) is 0 Å². The first-order chi connectivity index (χ1) is 9.33. The van der Waals surface area contributed by atoms with Crippen LogP contribution in [0.4, 0.5) is 5.69 Å². The summed E-state index contributed by atoms with van der Waals surface area (Å²) in [6.45, 7) is 0. The van der Waals surface area contributed by atoms with Gasteiger partial charge in [-0.1, -0.05) is 23.4 Å². The summed E-state index contributed by atoms with van der Waals surface area (Å²) in [6, 6.07) is 13.8. The van der Waals surface area contributed by atoms with Crippen molar-refractivity contribution in [3.8, 4) is 10.6 Å². The number of nitrogens with two attached hydrogens (primary N) is 1. The van der Waals surface area contributed by atoms with E-state index in [4.69, 9.17) is 10.3 Å². The average Bonchev–Trinajstić information content (AvgIpc) is 3.09. The molecule has 0 amide bonds. The van der Waals surface area contributed by atoms with Crippen molar-refractivity contribution in [1.82, 2.24) is 5.16 Å². The molecule has 3 nitrogen and oxygen atoms in total. The van der Waals surface area contributed by atoms with E-state index in [0.717, 1.165) is 32.7 Å². The third kappa shape index (κ3) is 2.83. The fourth-order valence-corrected chi connectivity index (χ4v) is 3.20. The minimum Gasteiger partial charge on any atom is -0.398 e. The highest BCUT2D eigenvalue weighted by Crippen LogP contribution is 2.30. The quantitative estimate of drug-likeness (QED) is 0.575. The zero-order chi connectivity index (χ0) is 13.1. The van der Waals surface area contributed by atoms with Crippen molar-refractivity contribution in [1.29, 1.82) is 0 Å². The van der Waals surface area contributed by atoms with Crippen LogP contribution in [0.1, 0.15) is 5.69 Å². The fourth-order valence-electron chi connectivity index (χ4n) is 1.68. The van der Waals surface area contributed by atoms with Crippen molar-refractivity contribution in [3.05, 3.63) is 53.5 Å². The minimum atomic E-state index is 0.753. The molecule has 2 aromatic heterocycles. The van der Waals surface area contributed by atoms with E-state index in [1.54, 1.807) is 23.1 Å². The van der Waals surface area contributed by atoms with E-state index in [-0.39, 0.29) is 0 Å². The van der Waals surface area contributed by atoms with Crippen LogP contribution in [0, 0.1) is 0 Å². The number of thioether (sulfide) groups is 1. The van der Waals surface area contributed by atoms with Crippen LogP contribution in [0.25, 0.3) is 10.6 Å². The molecule has 1 aromatic carbocycles. The molecule has 0 saturated heterocycles. The van der Waals surface area contributed by atoms with Crippen molar-refractivity contribution < 1.29 is 4.52 Å². The maximum atomic E-state index is 5.90. The summed E-state index contributed by atoms with van der Waals surface area (Å²) in [6.07, 6.45) is 0. The lowest BCUT2D eigenvalue weighted by molar-refractivity contribution is 0.427. The Kier molecular flexibility index (Phi) is 3.57. The molecular formula is C14H12N2OS2. The number of rotatable bonds is 4. The molecular weight excluding hydrogens is 276 g/mol. The summed E-state index contributed by atoms with van der Waals surface area (Å²) in [4.78, 5) is 2.17. The van der Waals surface area contributed by atoms with Crippen LogP contribution in [-0.4, -0.2) is 5.16 Å².